The number of piperazine rings is 1. The molecule has 1 aliphatic heterocycles. The van der Waals surface area contributed by atoms with Crippen LogP contribution in [0.3, 0.4) is 0 Å². The number of hydrogen-bond acceptors (Lipinski definition) is 8. The highest BCUT2D eigenvalue weighted by atomic mass is 32.2. The van der Waals surface area contributed by atoms with Gasteiger partial charge in [-0.1, -0.05) is 30.8 Å². The first-order chi connectivity index (χ1) is 16.7. The predicted molar refractivity (Wildman–Crippen MR) is 138 cm³/mol. The minimum Gasteiger partial charge on any atom is -0.495 e. The van der Waals surface area contributed by atoms with Gasteiger partial charge in [-0.25, -0.2) is 4.68 Å². The van der Waals surface area contributed by atoms with E-state index in [1.807, 2.05) is 36.4 Å². The van der Waals surface area contributed by atoms with E-state index in [0.717, 1.165) is 73.5 Å². The van der Waals surface area contributed by atoms with E-state index >= 15 is 0 Å². The zero-order valence-electron chi connectivity index (χ0n) is 20.0. The molecule has 34 heavy (non-hydrogen) atoms. The van der Waals surface area contributed by atoms with Gasteiger partial charge in [0.2, 0.25) is 5.16 Å². The lowest BCUT2D eigenvalue weighted by molar-refractivity contribution is 0.258. The molecule has 9 heteroatoms. The maximum absolute atomic E-state index is 6.29. The van der Waals surface area contributed by atoms with Gasteiger partial charge in [0, 0.05) is 37.5 Å². The lowest BCUT2D eigenvalue weighted by Crippen LogP contribution is -2.46. The second-order valence-electron chi connectivity index (χ2n) is 8.25. The lowest BCUT2D eigenvalue weighted by Gasteiger charge is -2.36. The van der Waals surface area contributed by atoms with E-state index in [1.54, 1.807) is 23.5 Å². The van der Waals surface area contributed by atoms with Crippen LogP contribution in [0.2, 0.25) is 0 Å². The number of rotatable bonds is 11. The molecule has 0 radical (unpaired) electrons. The fourth-order valence-corrected chi connectivity index (χ4v) is 4.83. The van der Waals surface area contributed by atoms with Crippen LogP contribution < -0.4 is 20.2 Å². The number of benzene rings is 2. The Hall–Kier alpha value is -2.91. The molecule has 0 unspecified atom stereocenters. The summed E-state index contributed by atoms with van der Waals surface area (Å²) in [6.07, 6.45) is 2.06. The van der Waals surface area contributed by atoms with Crippen molar-refractivity contribution in [1.29, 1.82) is 0 Å². The number of aromatic nitrogens is 3. The van der Waals surface area contributed by atoms with Crippen molar-refractivity contribution in [2.24, 2.45) is 0 Å². The van der Waals surface area contributed by atoms with Crippen LogP contribution in [-0.2, 0) is 0 Å². The van der Waals surface area contributed by atoms with E-state index in [0.29, 0.717) is 12.4 Å². The third-order valence-corrected chi connectivity index (χ3v) is 6.93. The van der Waals surface area contributed by atoms with Gasteiger partial charge in [-0.15, -0.1) is 10.2 Å². The number of para-hydroxylation sites is 2. The molecule has 0 bridgehead atoms. The molecule has 2 N–H and O–H groups in total. The number of methoxy groups -OCH3 is 1. The summed E-state index contributed by atoms with van der Waals surface area (Å²) in [5.74, 6) is 9.70. The maximum Gasteiger partial charge on any atom is 0.210 e. The predicted octanol–water partition coefficient (Wildman–Crippen LogP) is 3.76. The number of nitrogens with two attached hydrogens (primary N) is 1. The van der Waals surface area contributed by atoms with Crippen molar-refractivity contribution < 1.29 is 9.47 Å². The second-order valence-corrected chi connectivity index (χ2v) is 9.31. The molecule has 1 fully saturated rings. The second kappa shape index (κ2) is 12.0. The maximum atomic E-state index is 6.29. The van der Waals surface area contributed by atoms with Crippen LogP contribution in [-0.4, -0.2) is 72.0 Å². The average Bonchev–Trinajstić information content (AvgIpc) is 3.26. The number of nitrogen functional groups attached to an aromatic ring is 1. The summed E-state index contributed by atoms with van der Waals surface area (Å²) in [5.41, 5.74) is 2.11. The molecule has 0 aliphatic carbocycles. The average molecular weight is 483 g/mol. The molecular formula is C25H34N6O2S. The molecular weight excluding hydrogens is 448 g/mol. The quantitative estimate of drug-likeness (QED) is 0.251. The van der Waals surface area contributed by atoms with E-state index in [-0.39, 0.29) is 0 Å². The van der Waals surface area contributed by atoms with Gasteiger partial charge < -0.3 is 20.2 Å². The van der Waals surface area contributed by atoms with E-state index in [9.17, 15) is 0 Å². The normalized spacial score (nSPS) is 14.4. The summed E-state index contributed by atoms with van der Waals surface area (Å²) in [4.78, 5) is 4.93. The molecule has 182 valence electrons. The molecule has 4 rings (SSSR count). The highest BCUT2D eigenvalue weighted by Gasteiger charge is 2.19. The first kappa shape index (κ1) is 24.2. The van der Waals surface area contributed by atoms with Crippen molar-refractivity contribution in [3.8, 4) is 22.9 Å². The fraction of sp³-hybridized carbons (Fsp3) is 0.440. The third kappa shape index (κ3) is 5.95. The molecule has 2 heterocycles. The van der Waals surface area contributed by atoms with Crippen molar-refractivity contribution in [2.75, 3.05) is 62.9 Å². The fourth-order valence-electron chi connectivity index (χ4n) is 4.05. The van der Waals surface area contributed by atoms with Crippen molar-refractivity contribution in [3.63, 3.8) is 0 Å². The summed E-state index contributed by atoms with van der Waals surface area (Å²) >= 11 is 1.65. The van der Waals surface area contributed by atoms with Gasteiger partial charge in [0.25, 0.3) is 0 Å². The van der Waals surface area contributed by atoms with Crippen molar-refractivity contribution in [2.45, 2.75) is 24.9 Å². The molecule has 0 saturated carbocycles. The molecule has 1 aromatic heterocycles. The van der Waals surface area contributed by atoms with Crippen LogP contribution in [0.25, 0.3) is 11.4 Å². The number of hydrogen-bond donors (Lipinski definition) is 1. The topological polar surface area (TPSA) is 81.7 Å². The zero-order valence-corrected chi connectivity index (χ0v) is 20.8. The zero-order chi connectivity index (χ0) is 23.8. The summed E-state index contributed by atoms with van der Waals surface area (Å²) in [6, 6.07) is 16.1. The van der Waals surface area contributed by atoms with Gasteiger partial charge in [-0.05, 0) is 55.8 Å². The van der Waals surface area contributed by atoms with E-state index in [4.69, 9.17) is 15.3 Å². The Morgan fingerprint density at radius 3 is 2.50 bits per heavy atom. The Bertz CT molecular complexity index is 1030. The minimum atomic E-state index is 0.664. The number of ether oxygens (including phenoxy) is 2. The molecule has 2 aromatic carbocycles. The Morgan fingerprint density at radius 2 is 1.76 bits per heavy atom. The summed E-state index contributed by atoms with van der Waals surface area (Å²) in [7, 11) is 1.73. The number of nitrogens with zero attached hydrogens (tertiary/aromatic N) is 5. The van der Waals surface area contributed by atoms with E-state index < -0.39 is 0 Å². The summed E-state index contributed by atoms with van der Waals surface area (Å²) < 4.78 is 12.7. The third-order valence-electron chi connectivity index (χ3n) is 5.90. The lowest BCUT2D eigenvalue weighted by atomic mass is 10.2. The molecule has 0 spiro atoms. The molecule has 0 amide bonds. The van der Waals surface area contributed by atoms with Crippen molar-refractivity contribution in [1.82, 2.24) is 19.8 Å². The monoisotopic (exact) mass is 482 g/mol. The minimum absolute atomic E-state index is 0.664. The molecule has 1 aliphatic rings. The van der Waals surface area contributed by atoms with Crippen LogP contribution in [0, 0.1) is 0 Å². The Balaban J connectivity index is 1.21. The Morgan fingerprint density at radius 1 is 1.00 bits per heavy atom. The Kier molecular flexibility index (Phi) is 8.54. The van der Waals surface area contributed by atoms with Gasteiger partial charge in [-0.3, -0.25) is 4.90 Å². The number of thioether (sulfide) groups is 1. The van der Waals surface area contributed by atoms with Crippen LogP contribution in [0.4, 0.5) is 5.69 Å². The largest absolute Gasteiger partial charge is 0.495 e. The van der Waals surface area contributed by atoms with Crippen molar-refractivity contribution in [3.05, 3.63) is 48.5 Å². The van der Waals surface area contributed by atoms with Gasteiger partial charge >= 0.3 is 0 Å². The summed E-state index contributed by atoms with van der Waals surface area (Å²) in [5, 5.41) is 9.33. The first-order valence-electron chi connectivity index (χ1n) is 11.9. The highest BCUT2D eigenvalue weighted by molar-refractivity contribution is 7.99. The first-order valence-corrected chi connectivity index (χ1v) is 12.8. The molecule has 8 nitrogen and oxygen atoms in total. The van der Waals surface area contributed by atoms with Crippen LogP contribution in [0.5, 0.6) is 11.5 Å². The van der Waals surface area contributed by atoms with Crippen LogP contribution >= 0.6 is 11.8 Å². The van der Waals surface area contributed by atoms with Crippen LogP contribution in [0.15, 0.2) is 53.7 Å². The SMILES string of the molecule is CCCOc1ccc(-c2nnc(SCCCN3CCN(c4ccccc4OC)CC3)n2N)cc1. The molecule has 1 saturated heterocycles. The van der Waals surface area contributed by atoms with Crippen LogP contribution in [0.1, 0.15) is 19.8 Å². The smallest absolute Gasteiger partial charge is 0.210 e. The summed E-state index contributed by atoms with van der Waals surface area (Å²) in [6.45, 7) is 8.00. The van der Waals surface area contributed by atoms with Gasteiger partial charge in [-0.2, -0.15) is 0 Å². The van der Waals surface area contributed by atoms with Gasteiger partial charge in [0.15, 0.2) is 5.82 Å². The number of anilines is 1. The van der Waals surface area contributed by atoms with Crippen molar-refractivity contribution >= 4 is 17.4 Å². The highest BCUT2D eigenvalue weighted by Crippen LogP contribution is 2.28. The van der Waals surface area contributed by atoms with Gasteiger partial charge in [0.1, 0.15) is 11.5 Å². The van der Waals surface area contributed by atoms with E-state index in [2.05, 4.69) is 39.1 Å². The molecule has 3 aromatic rings. The Labute approximate surface area is 206 Å². The standard InChI is InChI=1S/C25H34N6O2S/c1-3-18-33-21-11-9-20(10-12-21)24-27-28-25(31(24)26)34-19-6-13-29-14-16-30(17-15-29)22-7-4-5-8-23(22)32-2/h4-5,7-12H,3,6,13-19,26H2,1-2H3. The van der Waals surface area contributed by atoms with Gasteiger partial charge in [0.05, 0.1) is 19.4 Å². The molecule has 0 atom stereocenters. The van der Waals surface area contributed by atoms with E-state index in [1.165, 1.54) is 5.69 Å².